The highest BCUT2D eigenvalue weighted by Gasteiger charge is 2.35. The molecule has 0 saturated carbocycles. The lowest BCUT2D eigenvalue weighted by atomic mass is 10.2. The summed E-state index contributed by atoms with van der Waals surface area (Å²) in [5, 5.41) is 22.7. The number of anilines is 1. The smallest absolute Gasteiger partial charge is 0.322 e. The second-order valence-electron chi connectivity index (χ2n) is 4.31. The van der Waals surface area contributed by atoms with Gasteiger partial charge in [-0.3, -0.25) is 0 Å². The van der Waals surface area contributed by atoms with Crippen LogP contribution in [0.5, 0.6) is 0 Å². The highest BCUT2D eigenvalue weighted by Crippen LogP contribution is 2.19. The summed E-state index contributed by atoms with van der Waals surface area (Å²) in [6.45, 7) is -0.0777. The third-order valence-corrected chi connectivity index (χ3v) is 2.91. The highest BCUT2D eigenvalue weighted by atomic mass is 19.1. The number of nitrogens with one attached hydrogen (secondary N) is 1. The number of urea groups is 1. The number of β-amino-alcohol motifs (C(OH)–C–C–N with tert-alkyl or cyclic N) is 1. The molecule has 2 atom stereocenters. The van der Waals surface area contributed by atoms with Crippen LogP contribution in [0.3, 0.4) is 0 Å². The Balaban J connectivity index is 2.06. The second-order valence-corrected chi connectivity index (χ2v) is 4.31. The van der Waals surface area contributed by atoms with E-state index >= 15 is 0 Å². The van der Waals surface area contributed by atoms with Crippen LogP contribution in [-0.2, 0) is 4.79 Å². The molecule has 0 bridgehead atoms. The van der Waals surface area contributed by atoms with E-state index in [2.05, 4.69) is 5.32 Å². The van der Waals surface area contributed by atoms with Gasteiger partial charge >= 0.3 is 6.03 Å². The number of carbonyl (C=O) groups excluding carboxylic acids is 2. The van der Waals surface area contributed by atoms with Gasteiger partial charge in [0.2, 0.25) is 0 Å². The first kappa shape index (κ1) is 13.3. The van der Waals surface area contributed by atoms with Gasteiger partial charge in [-0.25, -0.2) is 9.18 Å². The fourth-order valence-electron chi connectivity index (χ4n) is 1.99. The molecule has 1 aliphatic rings. The van der Waals surface area contributed by atoms with E-state index < -0.39 is 30.0 Å². The summed E-state index contributed by atoms with van der Waals surface area (Å²) in [6.07, 6.45) is -0.944. The number of carboxylic acid groups (broad SMARTS) is 1. The summed E-state index contributed by atoms with van der Waals surface area (Å²) in [5.41, 5.74) is 0.338. The van der Waals surface area contributed by atoms with Crippen LogP contribution in [0.2, 0.25) is 0 Å². The van der Waals surface area contributed by atoms with Gasteiger partial charge in [0, 0.05) is 18.7 Å². The molecule has 0 aliphatic carbocycles. The molecule has 0 spiro atoms. The Morgan fingerprint density at radius 1 is 1.37 bits per heavy atom. The van der Waals surface area contributed by atoms with E-state index in [9.17, 15) is 24.2 Å². The number of aliphatic carboxylic acids is 1. The number of hydrogen-bond donors (Lipinski definition) is 2. The zero-order valence-electron chi connectivity index (χ0n) is 9.88. The molecule has 2 rings (SSSR count). The molecule has 0 radical (unpaired) electrons. The first-order valence-electron chi connectivity index (χ1n) is 5.69. The van der Waals surface area contributed by atoms with E-state index in [4.69, 9.17) is 0 Å². The Morgan fingerprint density at radius 2 is 2.00 bits per heavy atom. The molecule has 6 nitrogen and oxygen atoms in total. The standard InChI is InChI=1S/C12H13FN2O4/c13-7-1-3-8(4-2-7)14-12(19)15-6-9(16)5-10(15)11(17)18/h1-4,9-10,16H,5-6H2,(H,14,19)(H,17,18)/p-1/t9-,10+/m1/s1. The normalized spacial score (nSPS) is 22.3. The minimum atomic E-state index is -1.41. The van der Waals surface area contributed by atoms with Crippen LogP contribution in [0.4, 0.5) is 14.9 Å². The molecule has 1 saturated heterocycles. The number of amides is 2. The molecule has 2 amide bonds. The Bertz CT molecular complexity index is 491. The summed E-state index contributed by atoms with van der Waals surface area (Å²) in [5.74, 6) is -1.85. The van der Waals surface area contributed by atoms with E-state index in [0.29, 0.717) is 5.69 Å². The molecule has 102 valence electrons. The topological polar surface area (TPSA) is 92.7 Å². The van der Waals surface area contributed by atoms with E-state index in [1.165, 1.54) is 24.3 Å². The van der Waals surface area contributed by atoms with E-state index in [-0.39, 0.29) is 13.0 Å². The number of nitrogens with zero attached hydrogens (tertiary/aromatic N) is 1. The fraction of sp³-hybridized carbons (Fsp3) is 0.333. The van der Waals surface area contributed by atoms with Crippen LogP contribution >= 0.6 is 0 Å². The van der Waals surface area contributed by atoms with Gasteiger partial charge in [0.1, 0.15) is 5.82 Å². The molecular formula is C12H12FN2O4-. The average Bonchev–Trinajstić information content (AvgIpc) is 2.74. The molecule has 1 aromatic carbocycles. The van der Waals surface area contributed by atoms with Gasteiger partial charge in [-0.05, 0) is 24.3 Å². The lowest BCUT2D eigenvalue weighted by molar-refractivity contribution is -0.310. The first-order chi connectivity index (χ1) is 8.97. The van der Waals surface area contributed by atoms with Crippen LogP contribution < -0.4 is 10.4 Å². The molecule has 1 fully saturated rings. The van der Waals surface area contributed by atoms with E-state index in [1.54, 1.807) is 0 Å². The number of aliphatic hydroxyl groups excluding tert-OH is 1. The van der Waals surface area contributed by atoms with Crippen LogP contribution in [0.1, 0.15) is 6.42 Å². The van der Waals surface area contributed by atoms with Gasteiger partial charge in [0.15, 0.2) is 0 Å². The van der Waals surface area contributed by atoms with Crippen molar-refractivity contribution in [1.82, 2.24) is 4.90 Å². The lowest BCUT2D eigenvalue weighted by Gasteiger charge is -2.25. The van der Waals surface area contributed by atoms with Crippen LogP contribution in [0, 0.1) is 5.82 Å². The Kier molecular flexibility index (Phi) is 3.66. The maximum absolute atomic E-state index is 12.7. The van der Waals surface area contributed by atoms with Gasteiger partial charge in [0.05, 0.1) is 18.1 Å². The zero-order chi connectivity index (χ0) is 14.0. The van der Waals surface area contributed by atoms with Crippen molar-refractivity contribution >= 4 is 17.7 Å². The molecule has 0 aromatic heterocycles. The fourth-order valence-corrected chi connectivity index (χ4v) is 1.99. The van der Waals surface area contributed by atoms with Crippen molar-refractivity contribution in [2.45, 2.75) is 18.6 Å². The van der Waals surface area contributed by atoms with Crippen molar-refractivity contribution < 1.29 is 24.2 Å². The van der Waals surface area contributed by atoms with Crippen LogP contribution in [0.15, 0.2) is 24.3 Å². The number of rotatable bonds is 2. The summed E-state index contributed by atoms with van der Waals surface area (Å²) in [6, 6.07) is 3.23. The Morgan fingerprint density at radius 3 is 2.58 bits per heavy atom. The Labute approximate surface area is 108 Å². The lowest BCUT2D eigenvalue weighted by Crippen LogP contribution is -2.48. The minimum Gasteiger partial charge on any atom is -0.548 e. The monoisotopic (exact) mass is 267 g/mol. The number of aliphatic hydroxyl groups is 1. The van der Waals surface area contributed by atoms with Crippen molar-refractivity contribution in [2.24, 2.45) is 0 Å². The maximum Gasteiger partial charge on any atom is 0.322 e. The van der Waals surface area contributed by atoms with Gasteiger partial charge < -0.3 is 25.2 Å². The molecular weight excluding hydrogens is 255 g/mol. The Hall–Kier alpha value is -2.15. The van der Waals surface area contributed by atoms with Crippen molar-refractivity contribution in [3.8, 4) is 0 Å². The van der Waals surface area contributed by atoms with Crippen LogP contribution in [0.25, 0.3) is 0 Å². The van der Waals surface area contributed by atoms with Crippen molar-refractivity contribution in [3.05, 3.63) is 30.1 Å². The number of halogens is 1. The number of benzene rings is 1. The number of carboxylic acids is 1. The summed E-state index contributed by atoms with van der Waals surface area (Å²) < 4.78 is 12.7. The number of carbonyl (C=O) groups is 2. The molecule has 7 heteroatoms. The van der Waals surface area contributed by atoms with Crippen molar-refractivity contribution in [1.29, 1.82) is 0 Å². The quantitative estimate of drug-likeness (QED) is 0.758. The third kappa shape index (κ3) is 3.00. The SMILES string of the molecule is O=C([O-])[C@@H]1C[C@@H](O)CN1C(=O)Nc1ccc(F)cc1. The predicted octanol–water partition coefficient (Wildman–Crippen LogP) is -0.457. The molecule has 19 heavy (non-hydrogen) atoms. The summed E-state index contributed by atoms with van der Waals surface area (Å²) in [7, 11) is 0. The zero-order valence-corrected chi connectivity index (χ0v) is 9.88. The highest BCUT2D eigenvalue weighted by molar-refractivity contribution is 5.92. The first-order valence-corrected chi connectivity index (χ1v) is 5.69. The molecule has 0 unspecified atom stereocenters. The van der Waals surface area contributed by atoms with Gasteiger partial charge in [-0.15, -0.1) is 0 Å². The minimum absolute atomic E-state index is 0.0564. The van der Waals surface area contributed by atoms with Crippen LogP contribution in [-0.4, -0.2) is 40.7 Å². The molecule has 1 aliphatic heterocycles. The van der Waals surface area contributed by atoms with Gasteiger partial charge in [0.25, 0.3) is 0 Å². The van der Waals surface area contributed by atoms with Crippen molar-refractivity contribution in [3.63, 3.8) is 0 Å². The largest absolute Gasteiger partial charge is 0.548 e. The number of hydrogen-bond acceptors (Lipinski definition) is 4. The molecule has 1 aromatic rings. The summed E-state index contributed by atoms with van der Waals surface area (Å²) >= 11 is 0. The third-order valence-electron chi connectivity index (χ3n) is 2.91. The van der Waals surface area contributed by atoms with E-state index in [1.807, 2.05) is 0 Å². The molecule has 1 heterocycles. The predicted molar refractivity (Wildman–Crippen MR) is 61.5 cm³/mol. The maximum atomic E-state index is 12.7. The van der Waals surface area contributed by atoms with Gasteiger partial charge in [-0.2, -0.15) is 0 Å². The number of likely N-dealkylation sites (tertiary alicyclic amines) is 1. The second kappa shape index (κ2) is 5.23. The molecule has 2 N–H and O–H groups in total. The summed E-state index contributed by atoms with van der Waals surface area (Å²) in [4.78, 5) is 23.7. The average molecular weight is 267 g/mol. The van der Waals surface area contributed by atoms with Gasteiger partial charge in [-0.1, -0.05) is 0 Å². The van der Waals surface area contributed by atoms with Crippen molar-refractivity contribution in [2.75, 3.05) is 11.9 Å². The van der Waals surface area contributed by atoms with E-state index in [0.717, 1.165) is 4.90 Å².